The normalized spacial score (nSPS) is 11.7. The van der Waals surface area contributed by atoms with Gasteiger partial charge in [-0.3, -0.25) is 14.0 Å². The molecule has 0 atom stereocenters. The molecule has 0 aromatic carbocycles. The van der Waals surface area contributed by atoms with E-state index in [-0.39, 0.29) is 17.2 Å². The van der Waals surface area contributed by atoms with Crippen LogP contribution in [-0.4, -0.2) is 38.9 Å². The Morgan fingerprint density at radius 2 is 2.04 bits per heavy atom. The van der Waals surface area contributed by atoms with Crippen LogP contribution in [0.5, 0.6) is 0 Å². The summed E-state index contributed by atoms with van der Waals surface area (Å²) >= 11 is 0. The largest absolute Gasteiger partial charge is 0.343 e. The van der Waals surface area contributed by atoms with Crippen molar-refractivity contribution in [1.82, 2.24) is 38.9 Å². The van der Waals surface area contributed by atoms with E-state index in [1.54, 1.807) is 32.5 Å². The summed E-state index contributed by atoms with van der Waals surface area (Å²) in [6, 6.07) is 1.76. The Balaban J connectivity index is 2.08. The van der Waals surface area contributed by atoms with Crippen LogP contribution in [0.1, 0.15) is 19.9 Å². The summed E-state index contributed by atoms with van der Waals surface area (Å²) in [4.78, 5) is 24.2. The lowest BCUT2D eigenvalue weighted by Crippen LogP contribution is -2.28. The molecule has 0 aliphatic carbocycles. The summed E-state index contributed by atoms with van der Waals surface area (Å²) in [5.74, 6) is 0.502. The van der Waals surface area contributed by atoms with Crippen molar-refractivity contribution >= 4 is 5.65 Å². The lowest BCUT2D eigenvalue weighted by atomic mass is 10.3. The first-order valence-electron chi connectivity index (χ1n) is 7.55. The number of aryl methyl sites for hydroxylation is 1. The number of aromatic nitrogens is 8. The average Bonchev–Trinajstić information content (AvgIpc) is 3.25. The van der Waals surface area contributed by atoms with Crippen LogP contribution in [0.3, 0.4) is 0 Å². The molecule has 1 N–H and O–H groups in total. The van der Waals surface area contributed by atoms with Crippen LogP contribution >= 0.6 is 0 Å². The highest BCUT2D eigenvalue weighted by Crippen LogP contribution is 2.20. The highest BCUT2D eigenvalue weighted by atomic mass is 16.1. The van der Waals surface area contributed by atoms with Gasteiger partial charge in [0.25, 0.3) is 5.56 Å². The first-order valence-corrected chi connectivity index (χ1v) is 7.55. The fourth-order valence-corrected chi connectivity index (χ4v) is 2.71. The van der Waals surface area contributed by atoms with E-state index in [0.29, 0.717) is 17.2 Å². The summed E-state index contributed by atoms with van der Waals surface area (Å²) in [5.41, 5.74) is 2.12. The van der Waals surface area contributed by atoms with Gasteiger partial charge in [0.1, 0.15) is 11.4 Å². The number of imidazole rings is 2. The molecule has 0 saturated heterocycles. The van der Waals surface area contributed by atoms with Crippen molar-refractivity contribution in [2.24, 2.45) is 7.05 Å². The van der Waals surface area contributed by atoms with E-state index in [1.807, 2.05) is 33.2 Å². The fourth-order valence-electron chi connectivity index (χ4n) is 2.71. The number of rotatable bonds is 3. The molecule has 0 aliphatic heterocycles. The van der Waals surface area contributed by atoms with E-state index >= 15 is 0 Å². The summed E-state index contributed by atoms with van der Waals surface area (Å²) in [7, 11) is 1.83. The van der Waals surface area contributed by atoms with E-state index in [4.69, 9.17) is 0 Å². The van der Waals surface area contributed by atoms with Gasteiger partial charge in [-0.2, -0.15) is 5.10 Å². The minimum Gasteiger partial charge on any atom is -0.343 e. The highest BCUT2D eigenvalue weighted by molar-refractivity contribution is 5.59. The van der Waals surface area contributed by atoms with E-state index < -0.39 is 0 Å². The van der Waals surface area contributed by atoms with Gasteiger partial charge in [0.05, 0.1) is 24.4 Å². The van der Waals surface area contributed by atoms with Crippen LogP contribution in [0, 0.1) is 0 Å². The SMILES string of the molecule is CC(C)n1c(-c2ccn(C)n2)nn2c(-c3cnc[nH]3)cnc2c1=O. The van der Waals surface area contributed by atoms with Gasteiger partial charge in [0, 0.05) is 19.3 Å². The Bertz CT molecular complexity index is 1070. The molecule has 0 amide bonds. The fraction of sp³-hybridized carbons (Fsp3) is 0.267. The lowest BCUT2D eigenvalue weighted by Gasteiger charge is -2.14. The Morgan fingerprint density at radius 1 is 1.21 bits per heavy atom. The number of fused-ring (bicyclic) bond motifs is 1. The third kappa shape index (κ3) is 2.05. The number of nitrogens with zero attached hydrogens (tertiary/aromatic N) is 7. The smallest absolute Gasteiger partial charge is 0.297 e. The predicted molar refractivity (Wildman–Crippen MR) is 87.4 cm³/mol. The quantitative estimate of drug-likeness (QED) is 0.612. The van der Waals surface area contributed by atoms with Crippen LogP contribution in [-0.2, 0) is 7.05 Å². The molecule has 0 spiro atoms. The topological polar surface area (TPSA) is 98.7 Å². The standard InChI is InChI=1S/C15H16N8O/c1-9(2)22-13(10-4-5-21(3)19-10)20-23-12(11-6-16-8-18-11)7-17-14(23)15(22)24/h4-9H,1-3H3,(H,16,18). The Labute approximate surface area is 136 Å². The maximum absolute atomic E-state index is 12.9. The van der Waals surface area contributed by atoms with Gasteiger partial charge in [-0.1, -0.05) is 0 Å². The Hall–Kier alpha value is -3.23. The molecule has 9 heteroatoms. The molecule has 9 nitrogen and oxygen atoms in total. The van der Waals surface area contributed by atoms with Crippen molar-refractivity contribution in [2.75, 3.05) is 0 Å². The molecule has 0 saturated carbocycles. The van der Waals surface area contributed by atoms with Crippen molar-refractivity contribution in [3.8, 4) is 22.9 Å². The van der Waals surface area contributed by atoms with Gasteiger partial charge in [0.2, 0.25) is 5.65 Å². The van der Waals surface area contributed by atoms with Gasteiger partial charge in [-0.25, -0.2) is 14.5 Å². The van der Waals surface area contributed by atoms with Crippen LogP contribution in [0.2, 0.25) is 0 Å². The summed E-state index contributed by atoms with van der Waals surface area (Å²) < 4.78 is 4.83. The minimum atomic E-state index is -0.202. The first kappa shape index (κ1) is 14.4. The summed E-state index contributed by atoms with van der Waals surface area (Å²) in [6.45, 7) is 3.87. The molecule has 4 rings (SSSR count). The molecular formula is C15H16N8O. The van der Waals surface area contributed by atoms with Gasteiger partial charge >= 0.3 is 0 Å². The third-order valence-corrected chi connectivity index (χ3v) is 3.80. The predicted octanol–water partition coefficient (Wildman–Crippen LogP) is 1.26. The molecule has 24 heavy (non-hydrogen) atoms. The first-order chi connectivity index (χ1) is 11.6. The maximum Gasteiger partial charge on any atom is 0.297 e. The van der Waals surface area contributed by atoms with Crippen LogP contribution in [0.4, 0.5) is 0 Å². The third-order valence-electron chi connectivity index (χ3n) is 3.80. The molecule has 0 aliphatic rings. The van der Waals surface area contributed by atoms with Crippen LogP contribution < -0.4 is 5.56 Å². The maximum atomic E-state index is 12.9. The van der Waals surface area contributed by atoms with Crippen molar-refractivity contribution in [3.05, 3.63) is 41.3 Å². The van der Waals surface area contributed by atoms with Gasteiger partial charge < -0.3 is 4.98 Å². The number of nitrogens with one attached hydrogen (secondary N) is 1. The van der Waals surface area contributed by atoms with Crippen molar-refractivity contribution in [1.29, 1.82) is 0 Å². The molecule has 122 valence electrons. The molecule has 4 aromatic heterocycles. The van der Waals surface area contributed by atoms with E-state index in [0.717, 1.165) is 5.69 Å². The molecule has 0 radical (unpaired) electrons. The Kier molecular flexibility index (Phi) is 3.08. The zero-order valence-electron chi connectivity index (χ0n) is 13.5. The molecule has 4 aromatic rings. The zero-order chi connectivity index (χ0) is 16.8. The van der Waals surface area contributed by atoms with Crippen molar-refractivity contribution < 1.29 is 0 Å². The molecule has 0 bridgehead atoms. The number of H-pyrrole nitrogens is 1. The second kappa shape index (κ2) is 5.15. The van der Waals surface area contributed by atoms with E-state index in [2.05, 4.69) is 25.1 Å². The van der Waals surface area contributed by atoms with Crippen LogP contribution in [0.15, 0.2) is 35.8 Å². The molecule has 0 unspecified atom stereocenters. The lowest BCUT2D eigenvalue weighted by molar-refractivity contribution is 0.564. The van der Waals surface area contributed by atoms with Crippen molar-refractivity contribution in [3.63, 3.8) is 0 Å². The second-order valence-corrected chi connectivity index (χ2v) is 5.81. The number of hydrogen-bond donors (Lipinski definition) is 1. The highest BCUT2D eigenvalue weighted by Gasteiger charge is 2.20. The molecular weight excluding hydrogens is 308 g/mol. The van der Waals surface area contributed by atoms with Crippen molar-refractivity contribution in [2.45, 2.75) is 19.9 Å². The summed E-state index contributed by atoms with van der Waals surface area (Å²) in [5, 5.41) is 9.04. The van der Waals surface area contributed by atoms with Gasteiger partial charge in [0.15, 0.2) is 5.82 Å². The number of aromatic amines is 1. The van der Waals surface area contributed by atoms with Crippen LogP contribution in [0.25, 0.3) is 28.6 Å². The van der Waals surface area contributed by atoms with E-state index in [9.17, 15) is 4.79 Å². The average molecular weight is 324 g/mol. The van der Waals surface area contributed by atoms with Gasteiger partial charge in [-0.15, -0.1) is 5.10 Å². The molecule has 0 fully saturated rings. The van der Waals surface area contributed by atoms with Gasteiger partial charge in [-0.05, 0) is 19.9 Å². The number of hydrogen-bond acceptors (Lipinski definition) is 5. The Morgan fingerprint density at radius 3 is 2.67 bits per heavy atom. The summed E-state index contributed by atoms with van der Waals surface area (Å²) in [6.07, 6.45) is 6.67. The van der Waals surface area contributed by atoms with E-state index in [1.165, 1.54) is 0 Å². The molecule has 4 heterocycles. The minimum absolute atomic E-state index is 0.0701. The zero-order valence-corrected chi connectivity index (χ0v) is 13.5. The monoisotopic (exact) mass is 324 g/mol. The second-order valence-electron chi connectivity index (χ2n) is 5.81.